The molecule has 1 saturated heterocycles. The number of ether oxygens (including phenoxy) is 1. The largest absolute Gasteiger partial charge is 0.495 e. The van der Waals surface area contributed by atoms with Crippen molar-refractivity contribution < 1.29 is 9.15 Å². The van der Waals surface area contributed by atoms with E-state index in [0.29, 0.717) is 0 Å². The summed E-state index contributed by atoms with van der Waals surface area (Å²) in [6.07, 6.45) is 2.39. The van der Waals surface area contributed by atoms with E-state index in [4.69, 9.17) is 9.15 Å². The number of oxazole rings is 1. The monoisotopic (exact) mass is 396 g/mol. The van der Waals surface area contributed by atoms with Gasteiger partial charge < -0.3 is 14.1 Å². The van der Waals surface area contributed by atoms with Crippen molar-refractivity contribution in [2.45, 2.75) is 18.1 Å². The van der Waals surface area contributed by atoms with E-state index in [9.17, 15) is 0 Å². The third kappa shape index (κ3) is 4.62. The molecule has 1 aliphatic rings. The number of fused-ring (bicyclic) bond motifs is 1. The highest BCUT2D eigenvalue weighted by atomic mass is 32.2. The molecule has 0 radical (unpaired) electrons. The lowest BCUT2D eigenvalue weighted by atomic mass is 10.2. The summed E-state index contributed by atoms with van der Waals surface area (Å²) in [5.74, 6) is 2.01. The number of unbranched alkanes of at least 4 members (excludes halogenated alkanes) is 1. The van der Waals surface area contributed by atoms with Crippen LogP contribution in [0.4, 0.5) is 5.69 Å². The van der Waals surface area contributed by atoms with Gasteiger partial charge in [-0.1, -0.05) is 36.0 Å². The number of methoxy groups -OCH3 is 1. The Morgan fingerprint density at radius 3 is 2.61 bits per heavy atom. The molecule has 0 aliphatic carbocycles. The van der Waals surface area contributed by atoms with Crippen molar-refractivity contribution in [3.05, 3.63) is 48.5 Å². The summed E-state index contributed by atoms with van der Waals surface area (Å²) in [5.41, 5.74) is 3.02. The minimum atomic E-state index is 0.784. The quantitative estimate of drug-likeness (QED) is 0.412. The molecule has 148 valence electrons. The third-order valence-electron chi connectivity index (χ3n) is 5.17. The van der Waals surface area contributed by atoms with E-state index in [2.05, 4.69) is 26.9 Å². The molecule has 1 fully saturated rings. The minimum Gasteiger partial charge on any atom is -0.495 e. The van der Waals surface area contributed by atoms with Crippen molar-refractivity contribution in [2.24, 2.45) is 0 Å². The van der Waals surface area contributed by atoms with Crippen LogP contribution in [0.2, 0.25) is 0 Å². The van der Waals surface area contributed by atoms with Crippen LogP contribution in [-0.2, 0) is 0 Å². The molecule has 0 unspecified atom stereocenters. The molecule has 0 bridgehead atoms. The van der Waals surface area contributed by atoms with E-state index in [1.54, 1.807) is 18.9 Å². The highest BCUT2D eigenvalue weighted by molar-refractivity contribution is 7.99. The maximum atomic E-state index is 5.76. The smallest absolute Gasteiger partial charge is 0.256 e. The predicted octanol–water partition coefficient (Wildman–Crippen LogP) is 4.53. The van der Waals surface area contributed by atoms with Gasteiger partial charge >= 0.3 is 0 Å². The molecule has 0 atom stereocenters. The van der Waals surface area contributed by atoms with Gasteiger partial charge in [0, 0.05) is 31.9 Å². The number of aromatic nitrogens is 1. The molecule has 0 amide bonds. The van der Waals surface area contributed by atoms with Gasteiger partial charge in [0.2, 0.25) is 0 Å². The van der Waals surface area contributed by atoms with Crippen molar-refractivity contribution >= 4 is 28.5 Å². The van der Waals surface area contributed by atoms with Gasteiger partial charge in [0.05, 0.1) is 12.8 Å². The third-order valence-corrected chi connectivity index (χ3v) is 6.08. The number of anilines is 1. The number of nitrogens with zero attached hydrogens (tertiary/aromatic N) is 3. The second-order valence-electron chi connectivity index (χ2n) is 7.00. The first-order valence-electron chi connectivity index (χ1n) is 9.92. The fraction of sp³-hybridized carbons (Fsp3) is 0.409. The zero-order chi connectivity index (χ0) is 19.2. The van der Waals surface area contributed by atoms with Crippen LogP contribution in [0.1, 0.15) is 12.8 Å². The van der Waals surface area contributed by atoms with E-state index < -0.39 is 0 Å². The van der Waals surface area contributed by atoms with Crippen molar-refractivity contribution in [1.29, 1.82) is 0 Å². The standard InChI is InChI=1S/C22H27N3O2S/c1-26-21-11-5-3-9-19(21)25-15-13-24(14-16-25)12-6-7-17-28-22-23-18-8-2-4-10-20(18)27-22/h2-5,8-11H,6-7,12-17H2,1H3/i1-1. The van der Waals surface area contributed by atoms with Crippen LogP contribution < -0.4 is 9.64 Å². The van der Waals surface area contributed by atoms with Gasteiger partial charge in [-0.25, -0.2) is 4.98 Å². The molecule has 5 nitrogen and oxygen atoms in total. The number of thioether (sulfide) groups is 1. The SMILES string of the molecule is [11CH3]Oc1ccccc1N1CCN(CCCCSc2nc3ccccc3o2)CC1. The van der Waals surface area contributed by atoms with Gasteiger partial charge in [0.15, 0.2) is 5.58 Å². The number of hydrogen-bond donors (Lipinski definition) is 0. The van der Waals surface area contributed by atoms with E-state index >= 15 is 0 Å². The zero-order valence-electron chi connectivity index (χ0n) is 16.3. The molecule has 3 aromatic rings. The second kappa shape index (κ2) is 9.34. The van der Waals surface area contributed by atoms with Crippen LogP contribution >= 0.6 is 11.8 Å². The molecule has 0 spiro atoms. The van der Waals surface area contributed by atoms with Gasteiger partial charge in [0.25, 0.3) is 5.22 Å². The average Bonchev–Trinajstić information content (AvgIpc) is 3.17. The normalized spacial score (nSPS) is 15.2. The molecule has 2 aromatic carbocycles. The van der Waals surface area contributed by atoms with E-state index in [0.717, 1.165) is 60.5 Å². The summed E-state index contributed by atoms with van der Waals surface area (Å²) in [5, 5.41) is 0.784. The second-order valence-corrected chi connectivity index (χ2v) is 8.05. The van der Waals surface area contributed by atoms with Crippen LogP contribution in [-0.4, -0.2) is 55.5 Å². The maximum Gasteiger partial charge on any atom is 0.256 e. The topological polar surface area (TPSA) is 41.7 Å². The molecule has 0 saturated carbocycles. The molecular weight excluding hydrogens is 369 g/mol. The Morgan fingerprint density at radius 1 is 1.00 bits per heavy atom. The Kier molecular flexibility index (Phi) is 6.39. The summed E-state index contributed by atoms with van der Waals surface area (Å²) in [7, 11) is 1.74. The summed E-state index contributed by atoms with van der Waals surface area (Å²) < 4.78 is 11.3. The molecule has 4 rings (SSSR count). The van der Waals surface area contributed by atoms with Crippen LogP contribution in [0, 0.1) is 0 Å². The maximum absolute atomic E-state index is 5.76. The molecule has 28 heavy (non-hydrogen) atoms. The van der Waals surface area contributed by atoms with E-state index in [1.807, 2.05) is 36.4 Å². The van der Waals surface area contributed by atoms with Gasteiger partial charge in [-0.15, -0.1) is 0 Å². The Balaban J connectivity index is 1.16. The Hall–Kier alpha value is -2.18. The molecular formula is C22H27N3O2S. The first kappa shape index (κ1) is 19.2. The zero-order valence-corrected chi connectivity index (χ0v) is 17.2. The van der Waals surface area contributed by atoms with Crippen molar-refractivity contribution in [1.82, 2.24) is 9.88 Å². The Labute approximate surface area is 170 Å². The average molecular weight is 397 g/mol. The lowest BCUT2D eigenvalue weighted by molar-refractivity contribution is 0.253. The summed E-state index contributed by atoms with van der Waals surface area (Å²) in [4.78, 5) is 9.52. The number of para-hydroxylation sites is 4. The fourth-order valence-electron chi connectivity index (χ4n) is 3.61. The van der Waals surface area contributed by atoms with Gasteiger partial charge in [0.1, 0.15) is 11.3 Å². The van der Waals surface area contributed by atoms with Crippen molar-refractivity contribution in [3.8, 4) is 5.75 Å². The molecule has 1 aromatic heterocycles. The van der Waals surface area contributed by atoms with Crippen molar-refractivity contribution in [2.75, 3.05) is 50.5 Å². The van der Waals surface area contributed by atoms with Gasteiger partial charge in [-0.3, -0.25) is 4.90 Å². The van der Waals surface area contributed by atoms with Gasteiger partial charge in [-0.2, -0.15) is 0 Å². The highest BCUT2D eigenvalue weighted by Gasteiger charge is 2.19. The summed E-state index contributed by atoms with van der Waals surface area (Å²) >= 11 is 1.72. The first-order valence-corrected chi connectivity index (χ1v) is 10.9. The Bertz CT molecular complexity index is 857. The van der Waals surface area contributed by atoms with Crippen molar-refractivity contribution in [3.63, 3.8) is 0 Å². The Morgan fingerprint density at radius 2 is 1.79 bits per heavy atom. The lowest BCUT2D eigenvalue weighted by Gasteiger charge is -2.36. The lowest BCUT2D eigenvalue weighted by Crippen LogP contribution is -2.46. The fourth-order valence-corrected chi connectivity index (χ4v) is 4.45. The van der Waals surface area contributed by atoms with Crippen LogP contribution in [0.5, 0.6) is 5.75 Å². The molecule has 1 aliphatic heterocycles. The number of rotatable bonds is 8. The minimum absolute atomic E-state index is 0.784. The number of hydrogen-bond acceptors (Lipinski definition) is 6. The van der Waals surface area contributed by atoms with E-state index in [-0.39, 0.29) is 0 Å². The van der Waals surface area contributed by atoms with Crippen LogP contribution in [0.15, 0.2) is 58.2 Å². The summed E-state index contributed by atoms with van der Waals surface area (Å²) in [6.45, 7) is 5.48. The molecule has 6 heteroatoms. The molecule has 0 N–H and O–H groups in total. The predicted molar refractivity (Wildman–Crippen MR) is 116 cm³/mol. The number of benzene rings is 2. The van der Waals surface area contributed by atoms with E-state index in [1.165, 1.54) is 18.5 Å². The molecule has 2 heterocycles. The first-order chi connectivity index (χ1) is 13.8. The van der Waals surface area contributed by atoms with Crippen LogP contribution in [0.25, 0.3) is 11.1 Å². The van der Waals surface area contributed by atoms with Crippen LogP contribution in [0.3, 0.4) is 0 Å². The summed E-state index contributed by atoms with van der Waals surface area (Å²) in [6, 6.07) is 16.2. The number of piperazine rings is 1. The highest BCUT2D eigenvalue weighted by Crippen LogP contribution is 2.28. The van der Waals surface area contributed by atoms with Gasteiger partial charge in [-0.05, 0) is 43.7 Å².